The largest absolute Gasteiger partial charge is 0.346 e. The molecule has 0 spiro atoms. The Hall–Kier alpha value is -0.300. The predicted octanol–water partition coefficient (Wildman–Crippen LogP) is 4.29. The van der Waals surface area contributed by atoms with Crippen LogP contribution < -0.4 is 0 Å². The molecular weight excluding hydrogens is 360 g/mol. The van der Waals surface area contributed by atoms with E-state index in [2.05, 4.69) is 0 Å². The van der Waals surface area contributed by atoms with Gasteiger partial charge in [0.1, 0.15) is 0 Å². The van der Waals surface area contributed by atoms with Gasteiger partial charge in [0.25, 0.3) is 0 Å². The Morgan fingerprint density at radius 1 is 0.875 bits per heavy atom. The van der Waals surface area contributed by atoms with Crippen molar-refractivity contribution in [2.75, 3.05) is 26.4 Å². The highest BCUT2D eigenvalue weighted by molar-refractivity contribution is 7.72. The van der Waals surface area contributed by atoms with Gasteiger partial charge < -0.3 is 18.1 Å². The minimum Gasteiger partial charge on any atom is -0.308 e. The predicted molar refractivity (Wildman–Crippen MR) is 91.2 cm³/mol. The smallest absolute Gasteiger partial charge is 0.308 e. The molecule has 0 aliphatic rings. The maximum Gasteiger partial charge on any atom is 0.346 e. The number of rotatable bonds is 13. The molecule has 0 bridgehead atoms. The van der Waals surface area contributed by atoms with Crippen LogP contribution in [0.25, 0.3) is 0 Å². The molecule has 0 atom stereocenters. The molecule has 0 amide bonds. The summed E-state index contributed by atoms with van der Waals surface area (Å²) in [5.41, 5.74) is -1.52. The Balaban J connectivity index is 6.10. The third-order valence-corrected chi connectivity index (χ3v) is 9.14. The second kappa shape index (κ2) is 10.00. The summed E-state index contributed by atoms with van der Waals surface area (Å²) >= 11 is 0. The summed E-state index contributed by atoms with van der Waals surface area (Å²) in [5.74, 6) is 0. The van der Waals surface area contributed by atoms with E-state index in [0.717, 1.165) is 0 Å². The number of hydrogen-bond donors (Lipinski definition) is 0. The summed E-state index contributed by atoms with van der Waals surface area (Å²) < 4.78 is 47.5. The fraction of sp³-hybridized carbons (Fsp3) is 1.00. The molecule has 9 nitrogen and oxygen atoms in total. The zero-order valence-corrected chi connectivity index (χ0v) is 17.0. The van der Waals surface area contributed by atoms with Crippen LogP contribution in [0.3, 0.4) is 0 Å². The van der Waals surface area contributed by atoms with Crippen LogP contribution in [-0.4, -0.2) is 42.3 Å². The van der Waals surface area contributed by atoms with Gasteiger partial charge in [-0.05, 0) is 27.7 Å². The average molecular weight is 389 g/mol. The summed E-state index contributed by atoms with van der Waals surface area (Å²) in [6.45, 7) is 9.25. The molecule has 0 fully saturated rings. The van der Waals surface area contributed by atoms with E-state index in [4.69, 9.17) is 18.1 Å². The van der Waals surface area contributed by atoms with Gasteiger partial charge in [-0.2, -0.15) is 0 Å². The third kappa shape index (κ3) is 6.21. The summed E-state index contributed by atoms with van der Waals surface area (Å²) in [5, 5.41) is 9.92. The zero-order valence-electron chi connectivity index (χ0n) is 15.2. The number of nitrogens with zero attached hydrogens (tertiary/aromatic N) is 1. The van der Waals surface area contributed by atoms with E-state index in [0.29, 0.717) is 0 Å². The van der Waals surface area contributed by atoms with Crippen LogP contribution in [-0.2, 0) is 27.2 Å². The molecule has 0 aromatic rings. The van der Waals surface area contributed by atoms with Crippen LogP contribution in [0.1, 0.15) is 48.0 Å². The third-order valence-electron chi connectivity index (χ3n) is 3.14. The Bertz CT molecular complexity index is 446. The van der Waals surface area contributed by atoms with E-state index in [1.165, 1.54) is 13.8 Å². The van der Waals surface area contributed by atoms with E-state index in [1.807, 2.05) is 0 Å². The van der Waals surface area contributed by atoms with Gasteiger partial charge in [0.05, 0.1) is 26.4 Å². The van der Waals surface area contributed by atoms with E-state index >= 15 is 0 Å². The topological polar surface area (TPSA) is 114 Å². The number of nitro groups is 1. The van der Waals surface area contributed by atoms with Crippen molar-refractivity contribution in [3.8, 4) is 0 Å². The maximum absolute atomic E-state index is 13.2. The average Bonchev–Trinajstić information content (AvgIpc) is 2.45. The lowest BCUT2D eigenvalue weighted by Gasteiger charge is -2.33. The Kier molecular flexibility index (Phi) is 9.87. The Morgan fingerprint density at radius 3 is 1.38 bits per heavy atom. The first-order chi connectivity index (χ1) is 11.0. The zero-order chi connectivity index (χ0) is 19.0. The summed E-state index contributed by atoms with van der Waals surface area (Å²) in [4.78, 5) is 10.8. The van der Waals surface area contributed by atoms with Crippen molar-refractivity contribution in [3.05, 3.63) is 10.1 Å². The van der Waals surface area contributed by atoms with Crippen molar-refractivity contribution < 1.29 is 32.1 Å². The van der Waals surface area contributed by atoms with Crippen LogP contribution >= 0.6 is 15.2 Å². The van der Waals surface area contributed by atoms with Crippen LogP contribution in [0.15, 0.2) is 0 Å². The first-order valence-electron chi connectivity index (χ1n) is 7.95. The van der Waals surface area contributed by atoms with Crippen molar-refractivity contribution >= 4 is 15.2 Å². The highest BCUT2D eigenvalue weighted by Gasteiger charge is 2.55. The van der Waals surface area contributed by atoms with E-state index in [9.17, 15) is 19.2 Å². The van der Waals surface area contributed by atoms with Crippen molar-refractivity contribution in [3.63, 3.8) is 0 Å². The molecule has 0 N–H and O–H groups in total. The van der Waals surface area contributed by atoms with Gasteiger partial charge in [-0.1, -0.05) is 0 Å². The molecule has 0 aromatic carbocycles. The van der Waals surface area contributed by atoms with E-state index in [-0.39, 0.29) is 32.8 Å². The van der Waals surface area contributed by atoms with Crippen molar-refractivity contribution in [1.29, 1.82) is 0 Å². The normalized spacial score (nSPS) is 13.5. The lowest BCUT2D eigenvalue weighted by atomic mass is 10.0. The highest BCUT2D eigenvalue weighted by atomic mass is 31.2. The van der Waals surface area contributed by atoms with Crippen LogP contribution in [0, 0.1) is 10.1 Å². The molecule has 11 heteroatoms. The second-order valence-corrected chi connectivity index (χ2v) is 10.4. The van der Waals surface area contributed by atoms with Crippen LogP contribution in [0.4, 0.5) is 0 Å². The standard InChI is InChI=1S/C13H29NO8P2/c1-7-19-23(17,20-8-2)12(11-13(5,6)14(15)16)24(18,21-9-3)22-10-4/h12H,7-11H2,1-6H3. The van der Waals surface area contributed by atoms with Crippen molar-refractivity contribution in [1.82, 2.24) is 0 Å². The lowest BCUT2D eigenvalue weighted by Crippen LogP contribution is -2.36. The van der Waals surface area contributed by atoms with Gasteiger partial charge in [0.15, 0.2) is 5.40 Å². The molecule has 0 unspecified atom stereocenters. The highest BCUT2D eigenvalue weighted by Crippen LogP contribution is 2.72. The molecule has 0 saturated heterocycles. The van der Waals surface area contributed by atoms with Gasteiger partial charge >= 0.3 is 15.2 Å². The fourth-order valence-electron chi connectivity index (χ4n) is 2.06. The van der Waals surface area contributed by atoms with Gasteiger partial charge in [-0.15, -0.1) is 0 Å². The fourth-order valence-corrected chi connectivity index (χ4v) is 7.86. The molecule has 0 aliphatic heterocycles. The molecule has 0 radical (unpaired) electrons. The van der Waals surface area contributed by atoms with Crippen LogP contribution in [0.5, 0.6) is 0 Å². The molecule has 0 aliphatic carbocycles. The molecule has 0 aromatic heterocycles. The first kappa shape index (κ1) is 23.7. The maximum atomic E-state index is 13.2. The minimum atomic E-state index is -3.96. The minimum absolute atomic E-state index is 0.0327. The SMILES string of the molecule is CCOP(=O)(OCC)C(CC(C)(C)[N+](=O)[O-])P(=O)(OCC)OCC. The van der Waals surface area contributed by atoms with E-state index in [1.54, 1.807) is 27.7 Å². The molecular formula is C13H29NO8P2. The lowest BCUT2D eigenvalue weighted by molar-refractivity contribution is -0.561. The molecule has 0 heterocycles. The summed E-state index contributed by atoms with van der Waals surface area (Å²) in [6.07, 6.45) is -0.339. The molecule has 144 valence electrons. The van der Waals surface area contributed by atoms with Crippen LogP contribution in [0.2, 0.25) is 0 Å². The second-order valence-electron chi connectivity index (χ2n) is 5.51. The summed E-state index contributed by atoms with van der Waals surface area (Å²) in [7, 11) is -7.93. The van der Waals surface area contributed by atoms with Gasteiger partial charge in [0.2, 0.25) is 5.54 Å². The molecule has 24 heavy (non-hydrogen) atoms. The van der Waals surface area contributed by atoms with Gasteiger partial charge in [-0.25, -0.2) is 0 Å². The monoisotopic (exact) mass is 389 g/mol. The van der Waals surface area contributed by atoms with Gasteiger partial charge in [-0.3, -0.25) is 19.2 Å². The van der Waals surface area contributed by atoms with E-state index < -0.39 is 31.1 Å². The van der Waals surface area contributed by atoms with Crippen molar-refractivity contribution in [2.45, 2.75) is 58.9 Å². The number of hydrogen-bond acceptors (Lipinski definition) is 8. The Morgan fingerprint density at radius 2 is 1.17 bits per heavy atom. The quantitative estimate of drug-likeness (QED) is 0.260. The van der Waals surface area contributed by atoms with Gasteiger partial charge in [0, 0.05) is 25.2 Å². The summed E-state index contributed by atoms with van der Waals surface area (Å²) in [6, 6.07) is 0. The molecule has 0 rings (SSSR count). The first-order valence-corrected chi connectivity index (χ1v) is 11.2. The molecule has 0 saturated carbocycles. The van der Waals surface area contributed by atoms with Crippen molar-refractivity contribution in [2.24, 2.45) is 0 Å². The Labute approximate surface area is 143 Å².